The molecule has 1 aromatic heterocycles. The summed E-state index contributed by atoms with van der Waals surface area (Å²) in [5.74, 6) is -0.956. The van der Waals surface area contributed by atoms with Crippen molar-refractivity contribution < 1.29 is 19.2 Å². The van der Waals surface area contributed by atoms with Crippen molar-refractivity contribution in [1.82, 2.24) is 14.8 Å². The van der Waals surface area contributed by atoms with Crippen molar-refractivity contribution >= 4 is 23.3 Å². The van der Waals surface area contributed by atoms with Crippen molar-refractivity contribution in [2.24, 2.45) is 0 Å². The maximum absolute atomic E-state index is 12.5. The average molecular weight is 409 g/mol. The van der Waals surface area contributed by atoms with Crippen LogP contribution >= 0.6 is 0 Å². The lowest BCUT2D eigenvalue weighted by Gasteiger charge is -2.08. The molecule has 0 unspecified atom stereocenters. The second kappa shape index (κ2) is 9.41. The van der Waals surface area contributed by atoms with E-state index in [1.165, 1.54) is 35.5 Å². The molecule has 0 radical (unpaired) electrons. The number of carbonyl (C=O) groups is 2. The normalized spacial score (nSPS) is 10.4. The fourth-order valence-corrected chi connectivity index (χ4v) is 2.62. The van der Waals surface area contributed by atoms with Crippen LogP contribution in [0.15, 0.2) is 55.1 Å². The number of benzene rings is 2. The molecule has 0 fully saturated rings. The molecular weight excluding hydrogens is 390 g/mol. The molecule has 0 saturated heterocycles. The third-order valence-electron chi connectivity index (χ3n) is 4.21. The van der Waals surface area contributed by atoms with Crippen LogP contribution in [-0.2, 0) is 4.74 Å². The molecule has 10 nitrogen and oxygen atoms in total. The number of nitrogens with one attached hydrogen (secondary N) is 1. The largest absolute Gasteiger partial charge is 0.462 e. The Balaban J connectivity index is 1.72. The Kier molecular flexibility index (Phi) is 6.48. The first-order valence-electron chi connectivity index (χ1n) is 9.21. The van der Waals surface area contributed by atoms with E-state index in [4.69, 9.17) is 4.74 Å². The molecule has 0 atom stereocenters. The number of nitro benzene ring substituents is 1. The molecule has 3 rings (SSSR count). The number of carbonyl (C=O) groups excluding carboxylic acids is 2. The molecule has 30 heavy (non-hydrogen) atoms. The van der Waals surface area contributed by atoms with Crippen LogP contribution in [0, 0.1) is 10.1 Å². The van der Waals surface area contributed by atoms with Gasteiger partial charge in [-0.05, 0) is 42.8 Å². The molecule has 0 saturated carbocycles. The van der Waals surface area contributed by atoms with Gasteiger partial charge in [0, 0.05) is 17.3 Å². The van der Waals surface area contributed by atoms with E-state index in [1.807, 2.05) is 6.92 Å². The molecule has 3 aromatic rings. The van der Waals surface area contributed by atoms with Gasteiger partial charge >= 0.3 is 5.97 Å². The number of ether oxygens (including phenoxy) is 1. The van der Waals surface area contributed by atoms with Crippen LogP contribution in [0.3, 0.4) is 0 Å². The zero-order chi connectivity index (χ0) is 21.5. The summed E-state index contributed by atoms with van der Waals surface area (Å²) in [6.45, 7) is 2.36. The number of hydrogen-bond donors (Lipinski definition) is 1. The molecule has 2 aromatic carbocycles. The average Bonchev–Trinajstić information content (AvgIpc) is 3.28. The quantitative estimate of drug-likeness (QED) is 0.261. The van der Waals surface area contributed by atoms with Gasteiger partial charge in [0.25, 0.3) is 11.6 Å². The van der Waals surface area contributed by atoms with Crippen molar-refractivity contribution in [3.05, 3.63) is 76.4 Å². The third kappa shape index (κ3) is 4.85. The van der Waals surface area contributed by atoms with Gasteiger partial charge in [-0.15, -0.1) is 0 Å². The van der Waals surface area contributed by atoms with E-state index in [-0.39, 0.29) is 16.9 Å². The summed E-state index contributed by atoms with van der Waals surface area (Å²) >= 11 is 0. The second-order valence-electron chi connectivity index (χ2n) is 6.32. The number of unbranched alkanes of at least 4 members (excludes halogenated alkanes) is 1. The van der Waals surface area contributed by atoms with E-state index in [1.54, 1.807) is 24.3 Å². The number of esters is 1. The minimum Gasteiger partial charge on any atom is -0.462 e. The van der Waals surface area contributed by atoms with E-state index in [9.17, 15) is 19.7 Å². The minimum atomic E-state index is -0.591. The molecule has 0 aliphatic heterocycles. The molecule has 0 bridgehead atoms. The molecule has 1 heterocycles. The molecule has 0 aliphatic carbocycles. The van der Waals surface area contributed by atoms with Crippen molar-refractivity contribution in [2.75, 3.05) is 11.9 Å². The predicted octanol–water partition coefficient (Wildman–Crippen LogP) is 3.38. The van der Waals surface area contributed by atoms with Crippen LogP contribution in [0.1, 0.15) is 40.5 Å². The summed E-state index contributed by atoms with van der Waals surface area (Å²) < 4.78 is 6.38. The molecule has 154 valence electrons. The Morgan fingerprint density at radius 2 is 1.90 bits per heavy atom. The van der Waals surface area contributed by atoms with Crippen LogP contribution in [0.4, 0.5) is 11.4 Å². The molecular formula is C20H19N5O5. The van der Waals surface area contributed by atoms with E-state index in [0.29, 0.717) is 17.9 Å². The van der Waals surface area contributed by atoms with Gasteiger partial charge in [-0.1, -0.05) is 13.3 Å². The smallest absolute Gasteiger partial charge is 0.338 e. The maximum Gasteiger partial charge on any atom is 0.338 e. The van der Waals surface area contributed by atoms with E-state index in [0.717, 1.165) is 12.8 Å². The van der Waals surface area contributed by atoms with Gasteiger partial charge in [-0.3, -0.25) is 14.9 Å². The van der Waals surface area contributed by atoms with E-state index >= 15 is 0 Å². The molecule has 10 heteroatoms. The highest BCUT2D eigenvalue weighted by atomic mass is 16.6. The predicted molar refractivity (Wildman–Crippen MR) is 108 cm³/mol. The Hall–Kier alpha value is -4.08. The van der Waals surface area contributed by atoms with Crippen LogP contribution in [0.5, 0.6) is 0 Å². The topological polar surface area (TPSA) is 129 Å². The first kappa shape index (κ1) is 20.6. The molecule has 1 amide bonds. The van der Waals surface area contributed by atoms with Gasteiger partial charge in [-0.2, -0.15) is 5.10 Å². The zero-order valence-electron chi connectivity index (χ0n) is 16.1. The monoisotopic (exact) mass is 409 g/mol. The first-order chi connectivity index (χ1) is 14.5. The van der Waals surface area contributed by atoms with Crippen LogP contribution in [-0.4, -0.2) is 38.2 Å². The number of rotatable bonds is 8. The summed E-state index contributed by atoms with van der Waals surface area (Å²) in [4.78, 5) is 39.0. The molecule has 0 aliphatic rings. The summed E-state index contributed by atoms with van der Waals surface area (Å²) in [6.07, 6.45) is 4.31. The minimum absolute atomic E-state index is 0.105. The van der Waals surface area contributed by atoms with Gasteiger partial charge in [0.1, 0.15) is 18.3 Å². The zero-order valence-corrected chi connectivity index (χ0v) is 16.1. The number of anilines is 1. The highest BCUT2D eigenvalue weighted by Crippen LogP contribution is 2.24. The number of nitro groups is 1. The van der Waals surface area contributed by atoms with E-state index in [2.05, 4.69) is 15.4 Å². The summed E-state index contributed by atoms with van der Waals surface area (Å²) in [5, 5.41) is 17.9. The standard InChI is InChI=1S/C20H19N5O5/c1-2-3-10-30-20(27)14-4-7-16(8-5-14)23-19(26)15-6-9-17(18(11-15)25(28)29)24-13-21-12-22-24/h4-9,11-13H,2-3,10H2,1H3,(H,23,26). The number of hydrogen-bond acceptors (Lipinski definition) is 7. The summed E-state index contributed by atoms with van der Waals surface area (Å²) in [5.41, 5.74) is 0.831. The second-order valence-corrected chi connectivity index (χ2v) is 6.32. The maximum atomic E-state index is 12.5. The van der Waals surface area contributed by atoms with Gasteiger partial charge in [0.05, 0.1) is 17.1 Å². The van der Waals surface area contributed by atoms with Gasteiger partial charge in [0.15, 0.2) is 0 Å². The number of amides is 1. The Morgan fingerprint density at radius 3 is 2.53 bits per heavy atom. The highest BCUT2D eigenvalue weighted by Gasteiger charge is 2.19. The van der Waals surface area contributed by atoms with Crippen LogP contribution < -0.4 is 5.32 Å². The van der Waals surface area contributed by atoms with Gasteiger partial charge in [0.2, 0.25) is 0 Å². The van der Waals surface area contributed by atoms with Crippen molar-refractivity contribution in [3.8, 4) is 5.69 Å². The van der Waals surface area contributed by atoms with E-state index < -0.39 is 16.8 Å². The summed E-state index contributed by atoms with van der Waals surface area (Å²) in [7, 11) is 0. The molecule has 0 spiro atoms. The lowest BCUT2D eigenvalue weighted by atomic mass is 10.1. The van der Waals surface area contributed by atoms with Crippen LogP contribution in [0.2, 0.25) is 0 Å². The van der Waals surface area contributed by atoms with Gasteiger partial charge < -0.3 is 10.1 Å². The third-order valence-corrected chi connectivity index (χ3v) is 4.21. The first-order valence-corrected chi connectivity index (χ1v) is 9.21. The van der Waals surface area contributed by atoms with Crippen LogP contribution in [0.25, 0.3) is 5.69 Å². The Morgan fingerprint density at radius 1 is 1.17 bits per heavy atom. The Bertz CT molecular complexity index is 1050. The fourth-order valence-electron chi connectivity index (χ4n) is 2.62. The fraction of sp³-hybridized carbons (Fsp3) is 0.200. The molecule has 1 N–H and O–H groups in total. The lowest BCUT2D eigenvalue weighted by Crippen LogP contribution is -2.13. The van der Waals surface area contributed by atoms with Crippen molar-refractivity contribution in [3.63, 3.8) is 0 Å². The SMILES string of the molecule is CCCCOC(=O)c1ccc(NC(=O)c2ccc(-n3cncn3)c([N+](=O)[O-])c2)cc1. The highest BCUT2D eigenvalue weighted by molar-refractivity contribution is 6.05. The summed E-state index contributed by atoms with van der Waals surface area (Å²) in [6, 6.07) is 10.3. The van der Waals surface area contributed by atoms with Crippen molar-refractivity contribution in [2.45, 2.75) is 19.8 Å². The lowest BCUT2D eigenvalue weighted by molar-refractivity contribution is -0.384. The Labute approximate surface area is 171 Å². The van der Waals surface area contributed by atoms with Crippen molar-refractivity contribution in [1.29, 1.82) is 0 Å². The number of nitrogens with zero attached hydrogens (tertiary/aromatic N) is 4. The number of aromatic nitrogens is 3. The van der Waals surface area contributed by atoms with Gasteiger partial charge in [-0.25, -0.2) is 14.5 Å².